The number of nitrogens with zero attached hydrogens (tertiary/aromatic N) is 1. The minimum absolute atomic E-state index is 0.148. The van der Waals surface area contributed by atoms with Crippen LogP contribution in [0.25, 0.3) is 21.8 Å². The second kappa shape index (κ2) is 7.50. The number of amides is 1. The van der Waals surface area contributed by atoms with Gasteiger partial charge in [-0.2, -0.15) is 0 Å². The van der Waals surface area contributed by atoms with Crippen molar-refractivity contribution in [3.8, 4) is 0 Å². The number of aliphatic hydroxyl groups excluding tert-OH is 1. The number of pyridine rings is 1. The number of fused-ring (bicyclic) bond motifs is 2. The average molecular weight is 424 g/mol. The van der Waals surface area contributed by atoms with E-state index in [0.29, 0.717) is 17.5 Å². The number of carbonyl (C=O) groups is 1. The van der Waals surface area contributed by atoms with E-state index in [1.54, 1.807) is 12.3 Å². The van der Waals surface area contributed by atoms with Crippen LogP contribution in [-0.2, 0) is 6.42 Å². The van der Waals surface area contributed by atoms with E-state index in [1.807, 2.05) is 48.7 Å². The minimum atomic E-state index is -0.394. The van der Waals surface area contributed by atoms with Crippen molar-refractivity contribution in [2.45, 2.75) is 12.5 Å². The molecule has 0 aliphatic rings. The number of aromatic nitrogens is 2. The van der Waals surface area contributed by atoms with E-state index in [4.69, 9.17) is 0 Å². The first-order chi connectivity index (χ1) is 13.2. The summed E-state index contributed by atoms with van der Waals surface area (Å²) in [4.78, 5) is 20.4. The molecule has 2 aromatic heterocycles. The zero-order valence-electron chi connectivity index (χ0n) is 14.4. The summed E-state index contributed by atoms with van der Waals surface area (Å²) < 4.78 is 0.810. The lowest BCUT2D eigenvalue weighted by molar-refractivity contribution is 0.0918. The SMILES string of the molecule is O=C(N[C@@H](CO)Cc1c[nH]c2ccccc12)c1cc(Br)cc2cccnc12. The van der Waals surface area contributed by atoms with Gasteiger partial charge in [0, 0.05) is 33.2 Å². The van der Waals surface area contributed by atoms with E-state index in [2.05, 4.69) is 31.2 Å². The van der Waals surface area contributed by atoms with E-state index in [0.717, 1.165) is 26.3 Å². The van der Waals surface area contributed by atoms with Crippen molar-refractivity contribution in [3.63, 3.8) is 0 Å². The maximum atomic E-state index is 12.9. The van der Waals surface area contributed by atoms with Crippen molar-refractivity contribution >= 4 is 43.6 Å². The lowest BCUT2D eigenvalue weighted by Gasteiger charge is -2.17. The molecule has 0 aliphatic carbocycles. The number of aromatic amines is 1. The van der Waals surface area contributed by atoms with Crippen LogP contribution in [0.5, 0.6) is 0 Å². The molecule has 0 fully saturated rings. The summed E-state index contributed by atoms with van der Waals surface area (Å²) in [6, 6.07) is 15.0. The highest BCUT2D eigenvalue weighted by Gasteiger charge is 2.18. The van der Waals surface area contributed by atoms with E-state index < -0.39 is 6.04 Å². The van der Waals surface area contributed by atoms with E-state index in [9.17, 15) is 9.90 Å². The Balaban J connectivity index is 1.59. The Bertz CT molecular complexity index is 1120. The van der Waals surface area contributed by atoms with Crippen LogP contribution in [0.4, 0.5) is 0 Å². The zero-order valence-corrected chi connectivity index (χ0v) is 16.0. The summed E-state index contributed by atoms with van der Waals surface area (Å²) >= 11 is 3.45. The largest absolute Gasteiger partial charge is 0.394 e. The highest BCUT2D eigenvalue weighted by molar-refractivity contribution is 9.10. The quantitative estimate of drug-likeness (QED) is 0.456. The maximum absolute atomic E-state index is 12.9. The molecule has 0 saturated heterocycles. The summed E-state index contributed by atoms with van der Waals surface area (Å²) in [5.41, 5.74) is 3.22. The smallest absolute Gasteiger partial charge is 0.253 e. The van der Waals surface area contributed by atoms with Crippen molar-refractivity contribution in [1.29, 1.82) is 0 Å². The number of hydrogen-bond acceptors (Lipinski definition) is 3. The second-order valence-electron chi connectivity index (χ2n) is 6.45. The van der Waals surface area contributed by atoms with E-state index in [-0.39, 0.29) is 12.5 Å². The van der Waals surface area contributed by atoms with Gasteiger partial charge in [0.15, 0.2) is 0 Å². The first kappa shape index (κ1) is 17.7. The summed E-state index contributed by atoms with van der Waals surface area (Å²) in [6.45, 7) is -0.148. The molecule has 3 N–H and O–H groups in total. The fourth-order valence-electron chi connectivity index (χ4n) is 3.32. The lowest BCUT2D eigenvalue weighted by Crippen LogP contribution is -2.39. The normalized spacial score (nSPS) is 12.4. The predicted octanol–water partition coefficient (Wildman–Crippen LogP) is 3.81. The van der Waals surface area contributed by atoms with Crippen LogP contribution < -0.4 is 5.32 Å². The topological polar surface area (TPSA) is 78.0 Å². The van der Waals surface area contributed by atoms with Crippen molar-refractivity contribution in [3.05, 3.63) is 76.5 Å². The number of aliphatic hydroxyl groups is 1. The Labute approximate surface area is 164 Å². The molecular weight excluding hydrogens is 406 g/mol. The maximum Gasteiger partial charge on any atom is 0.253 e. The molecule has 0 saturated carbocycles. The molecule has 1 atom stereocenters. The summed E-state index contributed by atoms with van der Waals surface area (Å²) in [5.74, 6) is -0.251. The van der Waals surface area contributed by atoms with Gasteiger partial charge >= 0.3 is 0 Å². The van der Waals surface area contributed by atoms with Gasteiger partial charge in [-0.25, -0.2) is 0 Å². The number of H-pyrrole nitrogens is 1. The van der Waals surface area contributed by atoms with Crippen LogP contribution in [0, 0.1) is 0 Å². The molecule has 4 aromatic rings. The summed E-state index contributed by atoms with van der Waals surface area (Å²) in [7, 11) is 0. The number of rotatable bonds is 5. The van der Waals surface area contributed by atoms with Gasteiger partial charge in [-0.3, -0.25) is 9.78 Å². The molecule has 0 unspecified atom stereocenters. The minimum Gasteiger partial charge on any atom is -0.394 e. The third-order valence-electron chi connectivity index (χ3n) is 4.61. The molecule has 2 heterocycles. The van der Waals surface area contributed by atoms with E-state index in [1.165, 1.54) is 0 Å². The van der Waals surface area contributed by atoms with Crippen LogP contribution in [0.3, 0.4) is 0 Å². The molecule has 6 heteroatoms. The molecule has 5 nitrogen and oxygen atoms in total. The summed E-state index contributed by atoms with van der Waals surface area (Å²) in [5, 5.41) is 14.7. The first-order valence-corrected chi connectivity index (χ1v) is 9.46. The Morgan fingerprint density at radius 1 is 1.22 bits per heavy atom. The fraction of sp³-hybridized carbons (Fsp3) is 0.143. The molecular formula is C21H18BrN3O2. The number of para-hydroxylation sites is 1. The van der Waals surface area contributed by atoms with Crippen LogP contribution in [0.15, 0.2) is 65.4 Å². The molecule has 4 rings (SSSR count). The Kier molecular flexibility index (Phi) is 4.92. The van der Waals surface area contributed by atoms with Crippen LogP contribution >= 0.6 is 15.9 Å². The van der Waals surface area contributed by atoms with Gasteiger partial charge in [0.25, 0.3) is 5.91 Å². The van der Waals surface area contributed by atoms with Crippen molar-refractivity contribution < 1.29 is 9.90 Å². The van der Waals surface area contributed by atoms with Crippen molar-refractivity contribution in [2.24, 2.45) is 0 Å². The molecule has 27 heavy (non-hydrogen) atoms. The fourth-order valence-corrected chi connectivity index (χ4v) is 3.79. The Morgan fingerprint density at radius 3 is 2.93 bits per heavy atom. The highest BCUT2D eigenvalue weighted by atomic mass is 79.9. The molecule has 136 valence electrons. The summed E-state index contributed by atoms with van der Waals surface area (Å²) in [6.07, 6.45) is 4.13. The van der Waals surface area contributed by atoms with Gasteiger partial charge in [-0.1, -0.05) is 40.2 Å². The predicted molar refractivity (Wildman–Crippen MR) is 110 cm³/mol. The average Bonchev–Trinajstić information content (AvgIpc) is 3.09. The van der Waals surface area contributed by atoms with Crippen molar-refractivity contribution in [2.75, 3.05) is 6.61 Å². The third kappa shape index (κ3) is 3.59. The molecule has 1 amide bonds. The monoisotopic (exact) mass is 423 g/mol. The Morgan fingerprint density at radius 2 is 2.07 bits per heavy atom. The van der Waals surface area contributed by atoms with Crippen LogP contribution in [-0.4, -0.2) is 33.6 Å². The molecule has 0 radical (unpaired) electrons. The van der Waals surface area contributed by atoms with Gasteiger partial charge in [0.2, 0.25) is 0 Å². The lowest BCUT2D eigenvalue weighted by atomic mass is 10.0. The van der Waals surface area contributed by atoms with Gasteiger partial charge in [0.05, 0.1) is 23.7 Å². The number of carbonyl (C=O) groups excluding carboxylic acids is 1. The number of nitrogens with one attached hydrogen (secondary N) is 2. The molecule has 2 aromatic carbocycles. The number of hydrogen-bond donors (Lipinski definition) is 3. The third-order valence-corrected chi connectivity index (χ3v) is 5.07. The van der Waals surface area contributed by atoms with Crippen molar-refractivity contribution in [1.82, 2.24) is 15.3 Å². The highest BCUT2D eigenvalue weighted by Crippen LogP contribution is 2.23. The van der Waals surface area contributed by atoms with Crippen LogP contribution in [0.2, 0.25) is 0 Å². The Hall–Kier alpha value is -2.70. The standard InChI is InChI=1S/C21H18BrN3O2/c22-15-8-13-4-3-7-23-20(13)18(10-15)21(27)25-16(12-26)9-14-11-24-19-6-2-1-5-17(14)19/h1-8,10-11,16,24,26H,9,12H2,(H,25,27)/t16-/m1/s1. The molecule has 0 bridgehead atoms. The number of benzene rings is 2. The second-order valence-corrected chi connectivity index (χ2v) is 7.36. The first-order valence-electron chi connectivity index (χ1n) is 8.66. The van der Waals surface area contributed by atoms with Gasteiger partial charge in [-0.15, -0.1) is 0 Å². The van der Waals surface area contributed by atoms with Gasteiger partial charge < -0.3 is 15.4 Å². The number of halogens is 1. The van der Waals surface area contributed by atoms with Gasteiger partial charge in [0.1, 0.15) is 0 Å². The molecule has 0 spiro atoms. The van der Waals surface area contributed by atoms with E-state index >= 15 is 0 Å². The van der Waals surface area contributed by atoms with Crippen LogP contribution in [0.1, 0.15) is 15.9 Å². The van der Waals surface area contributed by atoms with Gasteiger partial charge in [-0.05, 0) is 36.2 Å². The molecule has 0 aliphatic heterocycles. The zero-order chi connectivity index (χ0) is 18.8.